The van der Waals surface area contributed by atoms with Crippen molar-refractivity contribution in [3.05, 3.63) is 35.9 Å². The largest absolute Gasteiger partial charge is 0.372 e. The van der Waals surface area contributed by atoms with E-state index < -0.39 is 0 Å². The average Bonchev–Trinajstić information content (AvgIpc) is 2.37. The summed E-state index contributed by atoms with van der Waals surface area (Å²) in [4.78, 5) is 0. The van der Waals surface area contributed by atoms with Crippen molar-refractivity contribution in [1.29, 1.82) is 0 Å². The first-order valence-corrected chi connectivity index (χ1v) is 8.17. The summed E-state index contributed by atoms with van der Waals surface area (Å²) in [7, 11) is 0. The Morgan fingerprint density at radius 1 is 1.11 bits per heavy atom. The number of halogens is 1. The molecule has 108 valence electrons. The van der Waals surface area contributed by atoms with Gasteiger partial charge in [0.25, 0.3) is 0 Å². The standard InChI is InChI=1S/C17H27BrO/c1-4-5-6-10-13-16(17(2,3)18)19-14-15-11-8-7-9-12-15/h7-9,11-12,16H,4-6,10,13-14H2,1-3H3. The van der Waals surface area contributed by atoms with Crippen molar-refractivity contribution in [2.45, 2.75) is 69.9 Å². The zero-order chi connectivity index (χ0) is 14.1. The molecule has 0 aliphatic carbocycles. The lowest BCUT2D eigenvalue weighted by Crippen LogP contribution is -2.32. The molecule has 2 heteroatoms. The maximum atomic E-state index is 6.13. The first-order chi connectivity index (χ1) is 9.04. The molecule has 0 amide bonds. The molecule has 1 aromatic rings. The summed E-state index contributed by atoms with van der Waals surface area (Å²) < 4.78 is 6.16. The maximum absolute atomic E-state index is 6.13. The lowest BCUT2D eigenvalue weighted by Gasteiger charge is -2.29. The number of unbranched alkanes of at least 4 members (excludes halogenated alkanes) is 3. The number of ether oxygens (including phenoxy) is 1. The van der Waals surface area contributed by atoms with Gasteiger partial charge in [0.05, 0.1) is 12.7 Å². The number of benzene rings is 1. The van der Waals surface area contributed by atoms with Crippen LogP contribution in [0.5, 0.6) is 0 Å². The van der Waals surface area contributed by atoms with Gasteiger partial charge in [-0.15, -0.1) is 0 Å². The third-order valence-corrected chi connectivity index (χ3v) is 3.89. The zero-order valence-corrected chi connectivity index (χ0v) is 14.1. The van der Waals surface area contributed by atoms with Crippen LogP contribution in [-0.2, 0) is 11.3 Å². The molecule has 1 atom stereocenters. The highest BCUT2D eigenvalue weighted by atomic mass is 79.9. The molecule has 1 aromatic carbocycles. The quantitative estimate of drug-likeness (QED) is 0.416. The lowest BCUT2D eigenvalue weighted by molar-refractivity contribution is 0.0161. The minimum atomic E-state index is 0.0357. The molecule has 0 N–H and O–H groups in total. The highest BCUT2D eigenvalue weighted by Gasteiger charge is 2.26. The fraction of sp³-hybridized carbons (Fsp3) is 0.647. The van der Waals surface area contributed by atoms with Crippen LogP contribution in [0.4, 0.5) is 0 Å². The predicted molar refractivity (Wildman–Crippen MR) is 86.8 cm³/mol. The smallest absolute Gasteiger partial charge is 0.0727 e. The molecule has 19 heavy (non-hydrogen) atoms. The minimum Gasteiger partial charge on any atom is -0.372 e. The zero-order valence-electron chi connectivity index (χ0n) is 12.5. The van der Waals surface area contributed by atoms with Gasteiger partial charge in [0, 0.05) is 4.32 Å². The second-order valence-corrected chi connectivity index (χ2v) is 7.74. The SMILES string of the molecule is CCCCCCC(OCc1ccccc1)C(C)(C)Br. The van der Waals surface area contributed by atoms with Crippen LogP contribution in [0.2, 0.25) is 0 Å². The Balaban J connectivity index is 2.42. The van der Waals surface area contributed by atoms with Crippen molar-refractivity contribution < 1.29 is 4.74 Å². The minimum absolute atomic E-state index is 0.0357. The van der Waals surface area contributed by atoms with Gasteiger partial charge < -0.3 is 4.74 Å². The summed E-state index contributed by atoms with van der Waals surface area (Å²) >= 11 is 3.76. The molecule has 0 bridgehead atoms. The Hall–Kier alpha value is -0.340. The predicted octanol–water partition coefficient (Wildman–Crippen LogP) is 5.72. The van der Waals surface area contributed by atoms with Crippen LogP contribution in [0, 0.1) is 0 Å². The van der Waals surface area contributed by atoms with Crippen LogP contribution in [0.15, 0.2) is 30.3 Å². The summed E-state index contributed by atoms with van der Waals surface area (Å²) in [5, 5.41) is 0. The molecular formula is C17H27BrO. The molecule has 1 rings (SSSR count). The third-order valence-electron chi connectivity index (χ3n) is 3.38. The Morgan fingerprint density at radius 3 is 2.37 bits per heavy atom. The van der Waals surface area contributed by atoms with E-state index in [9.17, 15) is 0 Å². The van der Waals surface area contributed by atoms with Crippen molar-refractivity contribution in [1.82, 2.24) is 0 Å². The average molecular weight is 327 g/mol. The second-order valence-electron chi connectivity index (χ2n) is 5.70. The summed E-state index contributed by atoms with van der Waals surface area (Å²) in [6.07, 6.45) is 6.57. The monoisotopic (exact) mass is 326 g/mol. The molecule has 0 aliphatic rings. The van der Waals surface area contributed by atoms with Crippen molar-refractivity contribution in [2.75, 3.05) is 0 Å². The van der Waals surface area contributed by atoms with E-state index in [0.29, 0.717) is 6.61 Å². The van der Waals surface area contributed by atoms with Gasteiger partial charge in [-0.25, -0.2) is 0 Å². The Bertz CT molecular complexity index is 329. The Morgan fingerprint density at radius 2 is 1.79 bits per heavy atom. The summed E-state index contributed by atoms with van der Waals surface area (Å²) in [6.45, 7) is 7.34. The fourth-order valence-corrected chi connectivity index (χ4v) is 2.51. The summed E-state index contributed by atoms with van der Waals surface area (Å²) in [5.74, 6) is 0. The van der Waals surface area contributed by atoms with Gasteiger partial charge in [-0.2, -0.15) is 0 Å². The topological polar surface area (TPSA) is 9.23 Å². The van der Waals surface area contributed by atoms with Gasteiger partial charge in [-0.05, 0) is 25.8 Å². The van der Waals surface area contributed by atoms with Gasteiger partial charge in [0.1, 0.15) is 0 Å². The number of alkyl halides is 1. The van der Waals surface area contributed by atoms with Crippen LogP contribution in [-0.4, -0.2) is 10.4 Å². The van der Waals surface area contributed by atoms with E-state index in [1.807, 2.05) is 6.07 Å². The van der Waals surface area contributed by atoms with E-state index >= 15 is 0 Å². The fourth-order valence-electron chi connectivity index (χ4n) is 2.15. The molecule has 0 saturated heterocycles. The molecule has 0 aromatic heterocycles. The van der Waals surface area contributed by atoms with Crippen molar-refractivity contribution >= 4 is 15.9 Å². The summed E-state index contributed by atoms with van der Waals surface area (Å²) in [5.41, 5.74) is 1.25. The highest BCUT2D eigenvalue weighted by Crippen LogP contribution is 2.28. The third kappa shape index (κ3) is 7.12. The molecule has 0 fully saturated rings. The van der Waals surface area contributed by atoms with Crippen molar-refractivity contribution in [2.24, 2.45) is 0 Å². The molecule has 0 heterocycles. The van der Waals surface area contributed by atoms with Gasteiger partial charge >= 0.3 is 0 Å². The summed E-state index contributed by atoms with van der Waals surface area (Å²) in [6, 6.07) is 10.4. The van der Waals surface area contributed by atoms with Crippen LogP contribution in [0.3, 0.4) is 0 Å². The van der Waals surface area contributed by atoms with Crippen molar-refractivity contribution in [3.8, 4) is 0 Å². The molecule has 0 aliphatic heterocycles. The van der Waals surface area contributed by atoms with E-state index in [0.717, 1.165) is 6.42 Å². The molecule has 1 unspecified atom stereocenters. The van der Waals surface area contributed by atoms with E-state index in [1.165, 1.54) is 31.2 Å². The molecule has 0 saturated carbocycles. The van der Waals surface area contributed by atoms with Crippen LogP contribution in [0.1, 0.15) is 58.4 Å². The second kappa shape index (κ2) is 8.76. The van der Waals surface area contributed by atoms with E-state index in [1.54, 1.807) is 0 Å². The number of hydrogen-bond donors (Lipinski definition) is 0. The maximum Gasteiger partial charge on any atom is 0.0727 e. The number of rotatable bonds is 9. The lowest BCUT2D eigenvalue weighted by atomic mass is 10.00. The van der Waals surface area contributed by atoms with Gasteiger partial charge in [-0.1, -0.05) is 78.9 Å². The first kappa shape index (κ1) is 16.7. The molecular weight excluding hydrogens is 300 g/mol. The molecule has 1 nitrogen and oxygen atoms in total. The number of hydrogen-bond acceptors (Lipinski definition) is 1. The van der Waals surface area contributed by atoms with Crippen molar-refractivity contribution in [3.63, 3.8) is 0 Å². The van der Waals surface area contributed by atoms with Gasteiger partial charge in [0.15, 0.2) is 0 Å². The van der Waals surface area contributed by atoms with Crippen LogP contribution >= 0.6 is 15.9 Å². The molecule has 0 radical (unpaired) electrons. The normalized spacial score (nSPS) is 13.5. The van der Waals surface area contributed by atoms with E-state index in [2.05, 4.69) is 61.0 Å². The van der Waals surface area contributed by atoms with E-state index in [-0.39, 0.29) is 10.4 Å². The Labute approximate surface area is 126 Å². The van der Waals surface area contributed by atoms with Gasteiger partial charge in [0.2, 0.25) is 0 Å². The van der Waals surface area contributed by atoms with Gasteiger partial charge in [-0.3, -0.25) is 0 Å². The Kier molecular flexibility index (Phi) is 7.70. The molecule has 0 spiro atoms. The van der Waals surface area contributed by atoms with E-state index in [4.69, 9.17) is 4.74 Å². The van der Waals surface area contributed by atoms with Crippen LogP contribution < -0.4 is 0 Å². The van der Waals surface area contributed by atoms with Crippen LogP contribution in [0.25, 0.3) is 0 Å². The highest BCUT2D eigenvalue weighted by molar-refractivity contribution is 9.10. The first-order valence-electron chi connectivity index (χ1n) is 7.38.